The lowest BCUT2D eigenvalue weighted by atomic mass is 9.99. The Labute approximate surface area is 153 Å². The van der Waals surface area contributed by atoms with Crippen LogP contribution in [0.25, 0.3) is 32.9 Å². The van der Waals surface area contributed by atoms with Crippen LogP contribution in [0.3, 0.4) is 0 Å². The van der Waals surface area contributed by atoms with E-state index in [-0.39, 0.29) is 0 Å². The molecule has 1 unspecified atom stereocenters. The fourth-order valence-corrected chi connectivity index (χ4v) is 4.34. The third kappa shape index (κ3) is 2.61. The van der Waals surface area contributed by atoms with Crippen molar-refractivity contribution in [3.05, 3.63) is 54.4 Å². The number of rotatable bonds is 3. The van der Waals surface area contributed by atoms with Crippen LogP contribution < -0.4 is 0 Å². The van der Waals surface area contributed by atoms with E-state index in [1.165, 1.54) is 52.4 Å². The van der Waals surface area contributed by atoms with Crippen molar-refractivity contribution in [2.45, 2.75) is 25.3 Å². The summed E-state index contributed by atoms with van der Waals surface area (Å²) in [7, 11) is 4.22. The van der Waals surface area contributed by atoms with Crippen LogP contribution in [0.2, 0.25) is 0 Å². The van der Waals surface area contributed by atoms with Gasteiger partial charge in [0.05, 0.1) is 5.52 Å². The Bertz CT molecular complexity index is 1090. The average Bonchev–Trinajstić information content (AvgIpc) is 3.33. The van der Waals surface area contributed by atoms with E-state index >= 15 is 0 Å². The third-order valence-corrected chi connectivity index (χ3v) is 5.85. The number of fused-ring (bicyclic) bond motifs is 2. The molecule has 4 heteroatoms. The summed E-state index contributed by atoms with van der Waals surface area (Å²) in [5.74, 6) is 0. The van der Waals surface area contributed by atoms with E-state index in [2.05, 4.69) is 70.8 Å². The van der Waals surface area contributed by atoms with Crippen molar-refractivity contribution in [3.8, 4) is 11.1 Å². The van der Waals surface area contributed by atoms with Gasteiger partial charge in [0.15, 0.2) is 0 Å². The molecule has 4 aromatic rings. The first kappa shape index (κ1) is 15.6. The fraction of sp³-hybridized carbons (Fsp3) is 0.318. The zero-order chi connectivity index (χ0) is 17.7. The molecule has 0 radical (unpaired) electrons. The minimum Gasteiger partial charge on any atom is -0.361 e. The predicted molar refractivity (Wildman–Crippen MR) is 107 cm³/mol. The number of aromatic nitrogens is 3. The zero-order valence-electron chi connectivity index (χ0n) is 15.4. The summed E-state index contributed by atoms with van der Waals surface area (Å²) in [5, 5.41) is 7.09. The second-order valence-electron chi connectivity index (χ2n) is 7.63. The molecule has 1 aliphatic rings. The van der Waals surface area contributed by atoms with Crippen LogP contribution in [0, 0.1) is 0 Å². The molecule has 5 rings (SSSR count). The second kappa shape index (κ2) is 5.99. The van der Waals surface area contributed by atoms with Crippen LogP contribution in [0.1, 0.15) is 18.4 Å². The smallest absolute Gasteiger partial charge is 0.0929 e. The van der Waals surface area contributed by atoms with Gasteiger partial charge in [-0.15, -0.1) is 0 Å². The van der Waals surface area contributed by atoms with Gasteiger partial charge in [0.25, 0.3) is 0 Å². The van der Waals surface area contributed by atoms with Crippen molar-refractivity contribution < 1.29 is 0 Å². The number of likely N-dealkylation sites (tertiary alicyclic amines) is 1. The van der Waals surface area contributed by atoms with Crippen molar-refractivity contribution in [3.63, 3.8) is 0 Å². The van der Waals surface area contributed by atoms with Crippen LogP contribution in [0.15, 0.2) is 48.8 Å². The van der Waals surface area contributed by atoms with Gasteiger partial charge in [-0.25, -0.2) is 0 Å². The Kier molecular flexibility index (Phi) is 3.61. The van der Waals surface area contributed by atoms with Crippen LogP contribution in [0.4, 0.5) is 0 Å². The van der Waals surface area contributed by atoms with Crippen LogP contribution in [-0.2, 0) is 13.5 Å². The molecule has 2 aromatic carbocycles. The molecule has 3 heterocycles. The van der Waals surface area contributed by atoms with E-state index in [0.717, 1.165) is 11.9 Å². The van der Waals surface area contributed by atoms with Gasteiger partial charge in [0, 0.05) is 41.8 Å². The van der Waals surface area contributed by atoms with Gasteiger partial charge in [-0.2, -0.15) is 5.10 Å². The minimum atomic E-state index is 0.669. The first-order chi connectivity index (χ1) is 12.7. The van der Waals surface area contributed by atoms with Crippen molar-refractivity contribution in [2.75, 3.05) is 13.6 Å². The number of aromatic amines is 1. The highest BCUT2D eigenvalue weighted by molar-refractivity contribution is 5.90. The molecule has 1 fully saturated rings. The van der Waals surface area contributed by atoms with Gasteiger partial charge in [0.2, 0.25) is 0 Å². The number of nitrogens with one attached hydrogen (secondary N) is 1. The number of H-pyrrole nitrogens is 1. The summed E-state index contributed by atoms with van der Waals surface area (Å²) in [5.41, 5.74) is 6.18. The maximum absolute atomic E-state index is 4.55. The Morgan fingerprint density at radius 1 is 1.12 bits per heavy atom. The quantitative estimate of drug-likeness (QED) is 0.599. The summed E-state index contributed by atoms with van der Waals surface area (Å²) >= 11 is 0. The van der Waals surface area contributed by atoms with Crippen molar-refractivity contribution in [1.29, 1.82) is 0 Å². The fourth-order valence-electron chi connectivity index (χ4n) is 4.34. The van der Waals surface area contributed by atoms with Crippen molar-refractivity contribution in [1.82, 2.24) is 19.7 Å². The van der Waals surface area contributed by atoms with E-state index in [1.807, 2.05) is 11.7 Å². The number of nitrogens with zero attached hydrogens (tertiary/aromatic N) is 3. The maximum atomic E-state index is 4.55. The number of benzene rings is 2. The molecule has 1 aliphatic heterocycles. The van der Waals surface area contributed by atoms with E-state index in [4.69, 9.17) is 0 Å². The summed E-state index contributed by atoms with van der Waals surface area (Å²) < 4.78 is 1.88. The largest absolute Gasteiger partial charge is 0.361 e. The third-order valence-electron chi connectivity index (χ3n) is 5.85. The van der Waals surface area contributed by atoms with Gasteiger partial charge in [-0.3, -0.25) is 4.68 Å². The highest BCUT2D eigenvalue weighted by Crippen LogP contribution is 2.30. The number of aryl methyl sites for hydroxylation is 1. The molecular formula is C22H24N4. The summed E-state index contributed by atoms with van der Waals surface area (Å²) in [6.45, 7) is 1.22. The van der Waals surface area contributed by atoms with Crippen molar-refractivity contribution in [2.24, 2.45) is 7.05 Å². The number of hydrogen-bond donors (Lipinski definition) is 1. The normalized spacial score (nSPS) is 18.3. The minimum absolute atomic E-state index is 0.669. The molecule has 132 valence electrons. The Morgan fingerprint density at radius 2 is 1.96 bits per heavy atom. The highest BCUT2D eigenvalue weighted by Gasteiger charge is 2.22. The number of likely N-dealkylation sites (N-methyl/N-ethyl adjacent to an activating group) is 1. The molecule has 0 aliphatic carbocycles. The molecule has 4 nitrogen and oxygen atoms in total. The Balaban J connectivity index is 1.54. The predicted octanol–water partition coefficient (Wildman–Crippen LogP) is 4.36. The number of hydrogen-bond acceptors (Lipinski definition) is 2. The lowest BCUT2D eigenvalue weighted by Crippen LogP contribution is -2.26. The van der Waals surface area contributed by atoms with E-state index in [1.54, 1.807) is 0 Å². The average molecular weight is 344 g/mol. The highest BCUT2D eigenvalue weighted by atomic mass is 15.2. The monoisotopic (exact) mass is 344 g/mol. The van der Waals surface area contributed by atoms with Crippen LogP contribution >= 0.6 is 0 Å². The van der Waals surface area contributed by atoms with Crippen LogP contribution in [-0.4, -0.2) is 39.3 Å². The summed E-state index contributed by atoms with van der Waals surface area (Å²) in [6.07, 6.45) is 8.00. The zero-order valence-corrected chi connectivity index (χ0v) is 15.4. The van der Waals surface area contributed by atoms with Gasteiger partial charge in [0.1, 0.15) is 0 Å². The lowest BCUT2D eigenvalue weighted by Gasteiger charge is -2.18. The Morgan fingerprint density at radius 3 is 2.81 bits per heavy atom. The summed E-state index contributed by atoms with van der Waals surface area (Å²) in [4.78, 5) is 5.95. The van der Waals surface area contributed by atoms with E-state index in [9.17, 15) is 0 Å². The first-order valence-corrected chi connectivity index (χ1v) is 9.41. The lowest BCUT2D eigenvalue weighted by molar-refractivity contribution is 0.310. The standard InChI is InChI=1S/C22H24N4/c1-25-9-3-4-19(25)10-18-13-23-21-8-7-15(11-20(18)21)16-5-6-17-14-26(2)24-22(17)12-16/h5-8,11-14,19,23H,3-4,9-10H2,1-2H3. The first-order valence-electron chi connectivity index (χ1n) is 9.41. The Hall–Kier alpha value is -2.59. The summed E-state index contributed by atoms with van der Waals surface area (Å²) in [6, 6.07) is 14.0. The molecule has 0 spiro atoms. The SMILES string of the molecule is CN1CCCC1Cc1c[nH]c2ccc(-c3ccc4cn(C)nc4c3)cc12. The topological polar surface area (TPSA) is 36.9 Å². The van der Waals surface area contributed by atoms with Gasteiger partial charge in [-0.1, -0.05) is 18.2 Å². The molecule has 0 saturated carbocycles. The van der Waals surface area contributed by atoms with Crippen molar-refractivity contribution >= 4 is 21.8 Å². The molecule has 1 atom stereocenters. The van der Waals surface area contributed by atoms with E-state index < -0.39 is 0 Å². The van der Waals surface area contributed by atoms with Gasteiger partial charge in [-0.05, 0) is 67.7 Å². The maximum Gasteiger partial charge on any atom is 0.0929 e. The molecule has 1 N–H and O–H groups in total. The molecule has 1 saturated heterocycles. The molecule has 0 amide bonds. The molecule has 26 heavy (non-hydrogen) atoms. The molecule has 2 aromatic heterocycles. The van der Waals surface area contributed by atoms with E-state index in [0.29, 0.717) is 6.04 Å². The van der Waals surface area contributed by atoms with Gasteiger partial charge < -0.3 is 9.88 Å². The van der Waals surface area contributed by atoms with Gasteiger partial charge >= 0.3 is 0 Å². The molecule has 0 bridgehead atoms. The van der Waals surface area contributed by atoms with Crippen LogP contribution in [0.5, 0.6) is 0 Å². The molecular weight excluding hydrogens is 320 g/mol. The second-order valence-corrected chi connectivity index (χ2v) is 7.63.